The maximum Gasteiger partial charge on any atom is 0.416 e. The fourth-order valence-electron chi connectivity index (χ4n) is 0.968. The second kappa shape index (κ2) is 4.22. The van der Waals surface area contributed by atoms with Gasteiger partial charge in [0.1, 0.15) is 0 Å². The fraction of sp³-hybridized carbons (Fsp3) is 0.222. The summed E-state index contributed by atoms with van der Waals surface area (Å²) in [6, 6.07) is 2.79. The van der Waals surface area contributed by atoms with Crippen molar-refractivity contribution in [2.45, 2.75) is 6.18 Å². The van der Waals surface area contributed by atoms with Crippen LogP contribution in [-0.4, -0.2) is 13.1 Å². The van der Waals surface area contributed by atoms with Gasteiger partial charge < -0.3 is 4.74 Å². The Hall–Kier alpha value is -1.04. The number of esters is 1. The largest absolute Gasteiger partial charge is 0.465 e. The zero-order valence-corrected chi connectivity index (χ0v) is 9.15. The highest BCUT2D eigenvalue weighted by Crippen LogP contribution is 2.31. The quantitative estimate of drug-likeness (QED) is 0.739. The Bertz CT molecular complexity index is 387. The second-order valence-corrected chi connectivity index (χ2v) is 3.54. The second-order valence-electron chi connectivity index (χ2n) is 2.68. The SMILES string of the molecule is COC(=O)c1cc(C(F)(F)F)ccc1Br. The highest BCUT2D eigenvalue weighted by atomic mass is 79.9. The predicted octanol–water partition coefficient (Wildman–Crippen LogP) is 3.25. The van der Waals surface area contributed by atoms with Gasteiger partial charge in [-0.15, -0.1) is 0 Å². The zero-order chi connectivity index (χ0) is 11.6. The molecule has 0 aliphatic heterocycles. The Morgan fingerprint density at radius 1 is 1.40 bits per heavy atom. The van der Waals surface area contributed by atoms with Crippen LogP contribution in [0.2, 0.25) is 0 Å². The van der Waals surface area contributed by atoms with Gasteiger partial charge in [-0.3, -0.25) is 0 Å². The van der Waals surface area contributed by atoms with E-state index in [4.69, 9.17) is 0 Å². The van der Waals surface area contributed by atoms with E-state index in [2.05, 4.69) is 20.7 Å². The minimum Gasteiger partial charge on any atom is -0.465 e. The van der Waals surface area contributed by atoms with Crippen molar-refractivity contribution in [1.82, 2.24) is 0 Å². The average molecular weight is 283 g/mol. The first-order chi connectivity index (χ1) is 6.86. The van der Waals surface area contributed by atoms with Gasteiger partial charge in [-0.2, -0.15) is 13.2 Å². The van der Waals surface area contributed by atoms with Crippen LogP contribution in [0, 0.1) is 0 Å². The Kier molecular flexibility index (Phi) is 3.38. The summed E-state index contributed by atoms with van der Waals surface area (Å²) >= 11 is 2.97. The summed E-state index contributed by atoms with van der Waals surface area (Å²) in [5.41, 5.74) is -1.03. The van der Waals surface area contributed by atoms with Crippen LogP contribution in [0.3, 0.4) is 0 Å². The molecule has 0 aromatic heterocycles. The standard InChI is InChI=1S/C9H6BrF3O2/c1-15-8(14)6-4-5(9(11,12)13)2-3-7(6)10/h2-4H,1H3. The van der Waals surface area contributed by atoms with Crippen molar-refractivity contribution in [2.75, 3.05) is 7.11 Å². The summed E-state index contributed by atoms with van der Waals surface area (Å²) < 4.78 is 41.5. The highest BCUT2D eigenvalue weighted by Gasteiger charge is 2.31. The van der Waals surface area contributed by atoms with E-state index < -0.39 is 17.7 Å². The van der Waals surface area contributed by atoms with Crippen molar-refractivity contribution in [3.63, 3.8) is 0 Å². The topological polar surface area (TPSA) is 26.3 Å². The van der Waals surface area contributed by atoms with Crippen LogP contribution >= 0.6 is 15.9 Å². The average Bonchev–Trinajstić information content (AvgIpc) is 2.15. The van der Waals surface area contributed by atoms with Crippen LogP contribution < -0.4 is 0 Å². The van der Waals surface area contributed by atoms with Crippen molar-refractivity contribution < 1.29 is 22.7 Å². The summed E-state index contributed by atoms with van der Waals surface area (Å²) in [7, 11) is 1.11. The predicted molar refractivity (Wildman–Crippen MR) is 50.5 cm³/mol. The number of carbonyl (C=O) groups excluding carboxylic acids is 1. The fourth-order valence-corrected chi connectivity index (χ4v) is 1.38. The molecule has 2 nitrogen and oxygen atoms in total. The molecular formula is C9H6BrF3O2. The van der Waals surface area contributed by atoms with Crippen molar-refractivity contribution in [1.29, 1.82) is 0 Å². The van der Waals surface area contributed by atoms with E-state index in [1.807, 2.05) is 0 Å². The first kappa shape index (κ1) is 12.0. The molecule has 1 aromatic rings. The molecule has 0 heterocycles. The summed E-state index contributed by atoms with van der Waals surface area (Å²) in [5.74, 6) is -0.812. The number of rotatable bonds is 1. The monoisotopic (exact) mass is 282 g/mol. The van der Waals surface area contributed by atoms with Crippen molar-refractivity contribution in [3.8, 4) is 0 Å². The van der Waals surface area contributed by atoms with Gasteiger partial charge in [-0.05, 0) is 34.1 Å². The van der Waals surface area contributed by atoms with E-state index in [1.165, 1.54) is 0 Å². The lowest BCUT2D eigenvalue weighted by atomic mass is 10.1. The van der Waals surface area contributed by atoms with Gasteiger partial charge in [0, 0.05) is 4.47 Å². The Balaban J connectivity index is 3.23. The van der Waals surface area contributed by atoms with E-state index in [0.29, 0.717) is 0 Å². The molecular weight excluding hydrogens is 277 g/mol. The normalized spacial score (nSPS) is 11.3. The maximum absolute atomic E-state index is 12.3. The van der Waals surface area contributed by atoms with Gasteiger partial charge in [-0.1, -0.05) is 0 Å². The molecule has 0 fully saturated rings. The highest BCUT2D eigenvalue weighted by molar-refractivity contribution is 9.10. The van der Waals surface area contributed by atoms with E-state index in [0.717, 1.165) is 25.3 Å². The van der Waals surface area contributed by atoms with Crippen LogP contribution in [0.15, 0.2) is 22.7 Å². The lowest BCUT2D eigenvalue weighted by Gasteiger charge is -2.09. The molecule has 6 heteroatoms. The van der Waals surface area contributed by atoms with Crippen LogP contribution in [0.1, 0.15) is 15.9 Å². The Morgan fingerprint density at radius 3 is 2.47 bits per heavy atom. The number of benzene rings is 1. The van der Waals surface area contributed by atoms with Crippen LogP contribution in [0.25, 0.3) is 0 Å². The minimum absolute atomic E-state index is 0.146. The molecule has 15 heavy (non-hydrogen) atoms. The molecule has 0 radical (unpaired) electrons. The third-order valence-corrected chi connectivity index (χ3v) is 2.39. The summed E-state index contributed by atoms with van der Waals surface area (Å²) in [6.45, 7) is 0. The van der Waals surface area contributed by atoms with E-state index >= 15 is 0 Å². The number of methoxy groups -OCH3 is 1. The smallest absolute Gasteiger partial charge is 0.416 e. The van der Waals surface area contributed by atoms with Gasteiger partial charge in [0.15, 0.2) is 0 Å². The molecule has 0 saturated heterocycles. The molecule has 0 spiro atoms. The molecule has 0 N–H and O–H groups in total. The molecule has 0 atom stereocenters. The third kappa shape index (κ3) is 2.71. The molecule has 82 valence electrons. The van der Waals surface area contributed by atoms with E-state index in [9.17, 15) is 18.0 Å². The molecule has 0 aliphatic rings. The molecule has 0 bridgehead atoms. The Labute approximate surface area is 92.2 Å². The number of hydrogen-bond acceptors (Lipinski definition) is 2. The lowest BCUT2D eigenvalue weighted by Crippen LogP contribution is -2.09. The van der Waals surface area contributed by atoms with Crippen molar-refractivity contribution in [2.24, 2.45) is 0 Å². The molecule has 0 unspecified atom stereocenters. The summed E-state index contributed by atoms with van der Waals surface area (Å²) in [6.07, 6.45) is -4.47. The van der Waals surface area contributed by atoms with Crippen molar-refractivity contribution in [3.05, 3.63) is 33.8 Å². The van der Waals surface area contributed by atoms with Gasteiger partial charge in [0.2, 0.25) is 0 Å². The summed E-state index contributed by atoms with van der Waals surface area (Å²) in [5, 5.41) is 0. The summed E-state index contributed by atoms with van der Waals surface area (Å²) in [4.78, 5) is 11.1. The first-order valence-electron chi connectivity index (χ1n) is 3.81. The number of halogens is 4. The van der Waals surface area contributed by atoms with Crippen LogP contribution in [-0.2, 0) is 10.9 Å². The van der Waals surface area contributed by atoms with Crippen LogP contribution in [0.4, 0.5) is 13.2 Å². The van der Waals surface area contributed by atoms with Gasteiger partial charge in [0.25, 0.3) is 0 Å². The van der Waals surface area contributed by atoms with Crippen molar-refractivity contribution >= 4 is 21.9 Å². The number of hydrogen-bond donors (Lipinski definition) is 0. The van der Waals surface area contributed by atoms with E-state index in [-0.39, 0.29) is 10.0 Å². The lowest BCUT2D eigenvalue weighted by molar-refractivity contribution is -0.137. The van der Waals surface area contributed by atoms with Gasteiger partial charge in [-0.25, -0.2) is 4.79 Å². The van der Waals surface area contributed by atoms with Crippen LogP contribution in [0.5, 0.6) is 0 Å². The minimum atomic E-state index is -4.47. The maximum atomic E-state index is 12.3. The molecule has 1 aromatic carbocycles. The molecule has 0 saturated carbocycles. The zero-order valence-electron chi connectivity index (χ0n) is 7.56. The van der Waals surface area contributed by atoms with E-state index in [1.54, 1.807) is 0 Å². The van der Waals surface area contributed by atoms with Gasteiger partial charge in [0.05, 0.1) is 18.2 Å². The Morgan fingerprint density at radius 2 is 2.00 bits per heavy atom. The molecule has 0 amide bonds. The number of alkyl halides is 3. The van der Waals surface area contributed by atoms with Gasteiger partial charge >= 0.3 is 12.1 Å². The molecule has 0 aliphatic carbocycles. The number of ether oxygens (including phenoxy) is 1. The third-order valence-electron chi connectivity index (χ3n) is 1.70. The first-order valence-corrected chi connectivity index (χ1v) is 4.60. The molecule has 1 rings (SSSR count). The number of carbonyl (C=O) groups is 1.